The topological polar surface area (TPSA) is 89.0 Å². The lowest BCUT2D eigenvalue weighted by atomic mass is 9.95. The van der Waals surface area contributed by atoms with E-state index in [0.29, 0.717) is 46.0 Å². The SMILES string of the molecule is O=C1C(=O)N(c2nccs2)[C@@H](c2ccc(Cl)c(Cl)c2)C1=C(O)c1ccc2c(c1)OCCO2. The molecule has 2 aliphatic rings. The number of halogens is 2. The van der Waals surface area contributed by atoms with E-state index in [1.54, 1.807) is 41.8 Å². The van der Waals surface area contributed by atoms with Crippen LogP contribution < -0.4 is 14.4 Å². The summed E-state index contributed by atoms with van der Waals surface area (Å²) in [4.78, 5) is 31.6. The van der Waals surface area contributed by atoms with Gasteiger partial charge in [-0.3, -0.25) is 14.5 Å². The summed E-state index contributed by atoms with van der Waals surface area (Å²) in [5.74, 6) is -0.980. The highest BCUT2D eigenvalue weighted by molar-refractivity contribution is 7.14. The lowest BCUT2D eigenvalue weighted by Crippen LogP contribution is -2.29. The Kier molecular flexibility index (Phi) is 5.28. The minimum absolute atomic E-state index is 0.0831. The van der Waals surface area contributed by atoms with Gasteiger partial charge < -0.3 is 14.6 Å². The number of anilines is 1. The van der Waals surface area contributed by atoms with E-state index in [9.17, 15) is 14.7 Å². The summed E-state index contributed by atoms with van der Waals surface area (Å²) in [5.41, 5.74) is 0.740. The van der Waals surface area contributed by atoms with Gasteiger partial charge in [0.2, 0.25) is 0 Å². The van der Waals surface area contributed by atoms with Gasteiger partial charge in [0, 0.05) is 17.1 Å². The summed E-state index contributed by atoms with van der Waals surface area (Å²) in [7, 11) is 0. The molecular weight excluding hydrogens is 475 g/mol. The molecule has 3 heterocycles. The number of ketones is 1. The molecule has 7 nitrogen and oxygen atoms in total. The third-order valence-electron chi connectivity index (χ3n) is 5.14. The van der Waals surface area contributed by atoms with Gasteiger partial charge in [0.1, 0.15) is 19.0 Å². The van der Waals surface area contributed by atoms with Gasteiger partial charge >= 0.3 is 5.91 Å². The Morgan fingerprint density at radius 1 is 1.06 bits per heavy atom. The molecule has 5 rings (SSSR count). The fourth-order valence-electron chi connectivity index (χ4n) is 3.71. The number of nitrogens with zero attached hydrogens (tertiary/aromatic N) is 2. The van der Waals surface area contributed by atoms with Crippen molar-refractivity contribution in [1.82, 2.24) is 4.98 Å². The van der Waals surface area contributed by atoms with Crippen LogP contribution in [0.5, 0.6) is 11.5 Å². The van der Waals surface area contributed by atoms with Crippen LogP contribution in [-0.2, 0) is 9.59 Å². The van der Waals surface area contributed by atoms with Crippen molar-refractivity contribution in [3.8, 4) is 11.5 Å². The second kappa shape index (κ2) is 8.12. The number of aliphatic hydroxyl groups excluding tert-OH is 1. The van der Waals surface area contributed by atoms with Crippen LogP contribution in [0.1, 0.15) is 17.2 Å². The number of hydrogen-bond donors (Lipinski definition) is 1. The molecule has 1 aromatic heterocycles. The molecule has 0 aliphatic carbocycles. The molecule has 1 saturated heterocycles. The number of fused-ring (bicyclic) bond motifs is 1. The van der Waals surface area contributed by atoms with E-state index in [-0.39, 0.29) is 16.4 Å². The molecule has 3 aromatic rings. The number of rotatable bonds is 3. The van der Waals surface area contributed by atoms with Crippen molar-refractivity contribution < 1.29 is 24.2 Å². The largest absolute Gasteiger partial charge is 0.507 e. The molecule has 162 valence electrons. The van der Waals surface area contributed by atoms with E-state index in [4.69, 9.17) is 32.7 Å². The van der Waals surface area contributed by atoms with Crippen molar-refractivity contribution >= 4 is 57.1 Å². The number of benzene rings is 2. The van der Waals surface area contributed by atoms with E-state index in [1.807, 2.05) is 0 Å². The Labute approximate surface area is 196 Å². The molecule has 32 heavy (non-hydrogen) atoms. The van der Waals surface area contributed by atoms with Crippen LogP contribution in [0.25, 0.3) is 5.76 Å². The van der Waals surface area contributed by atoms with Gasteiger partial charge in [-0.05, 0) is 35.9 Å². The summed E-state index contributed by atoms with van der Waals surface area (Å²) in [6.07, 6.45) is 1.53. The zero-order valence-corrected chi connectivity index (χ0v) is 18.6. The lowest BCUT2D eigenvalue weighted by molar-refractivity contribution is -0.132. The normalized spacial score (nSPS) is 19.4. The molecule has 1 amide bonds. The summed E-state index contributed by atoms with van der Waals surface area (Å²) < 4.78 is 11.1. The average molecular weight is 489 g/mol. The second-order valence-electron chi connectivity index (χ2n) is 7.02. The highest BCUT2D eigenvalue weighted by Gasteiger charge is 2.48. The third-order valence-corrected chi connectivity index (χ3v) is 6.65. The first-order valence-electron chi connectivity index (χ1n) is 9.51. The van der Waals surface area contributed by atoms with Crippen molar-refractivity contribution in [3.63, 3.8) is 0 Å². The van der Waals surface area contributed by atoms with E-state index >= 15 is 0 Å². The number of thiazole rings is 1. The quantitative estimate of drug-likeness (QED) is 0.322. The Morgan fingerprint density at radius 2 is 1.84 bits per heavy atom. The van der Waals surface area contributed by atoms with Crippen LogP contribution >= 0.6 is 34.5 Å². The second-order valence-corrected chi connectivity index (χ2v) is 8.70. The van der Waals surface area contributed by atoms with Gasteiger partial charge in [0.15, 0.2) is 16.6 Å². The number of amides is 1. The summed E-state index contributed by atoms with van der Waals surface area (Å²) >= 11 is 13.5. The number of aromatic nitrogens is 1. The van der Waals surface area contributed by atoms with Crippen molar-refractivity contribution in [3.05, 3.63) is 74.7 Å². The predicted molar refractivity (Wildman–Crippen MR) is 121 cm³/mol. The molecule has 0 radical (unpaired) electrons. The first-order valence-corrected chi connectivity index (χ1v) is 11.1. The molecular formula is C22H14Cl2N2O5S. The van der Waals surface area contributed by atoms with Crippen LogP contribution in [-0.4, -0.2) is 35.0 Å². The zero-order chi connectivity index (χ0) is 22.4. The van der Waals surface area contributed by atoms with Crippen LogP contribution in [0, 0.1) is 0 Å². The summed E-state index contributed by atoms with van der Waals surface area (Å²) in [5, 5.41) is 13.8. The van der Waals surface area contributed by atoms with Gasteiger partial charge in [-0.15, -0.1) is 11.3 Å². The van der Waals surface area contributed by atoms with E-state index < -0.39 is 17.7 Å². The molecule has 2 aliphatic heterocycles. The standard InChI is InChI=1S/C22H14Cl2N2O5S/c23-13-3-1-11(9-14(13)24)18-17(20(28)21(29)26(18)22-25-5-8-32-22)19(27)12-2-4-15-16(10-12)31-7-6-30-15/h1-5,8-10,18,27H,6-7H2/t18-/m0/s1. The van der Waals surface area contributed by atoms with Crippen LogP contribution in [0.15, 0.2) is 53.5 Å². The number of Topliss-reactive ketones (excluding diaryl/α,β-unsaturated/α-hetero) is 1. The minimum Gasteiger partial charge on any atom is -0.507 e. The number of aliphatic hydroxyl groups is 1. The van der Waals surface area contributed by atoms with E-state index in [2.05, 4.69) is 4.98 Å². The fraction of sp³-hybridized carbons (Fsp3) is 0.136. The highest BCUT2D eigenvalue weighted by Crippen LogP contribution is 2.44. The van der Waals surface area contributed by atoms with Gasteiger partial charge in [0.25, 0.3) is 5.78 Å². The highest BCUT2D eigenvalue weighted by atomic mass is 35.5. The molecule has 10 heteroatoms. The molecule has 0 saturated carbocycles. The predicted octanol–water partition coefficient (Wildman–Crippen LogP) is 4.85. The number of carbonyl (C=O) groups excluding carboxylic acids is 2. The Balaban J connectivity index is 1.70. The van der Waals surface area contributed by atoms with Crippen LogP contribution in [0.2, 0.25) is 10.0 Å². The smallest absolute Gasteiger partial charge is 0.301 e. The van der Waals surface area contributed by atoms with Gasteiger partial charge in [-0.1, -0.05) is 29.3 Å². The lowest BCUT2D eigenvalue weighted by Gasteiger charge is -2.23. The van der Waals surface area contributed by atoms with Crippen LogP contribution in [0.4, 0.5) is 5.13 Å². The maximum Gasteiger partial charge on any atom is 0.301 e. The van der Waals surface area contributed by atoms with Gasteiger partial charge in [0.05, 0.1) is 21.7 Å². The Bertz CT molecular complexity index is 1280. The zero-order valence-electron chi connectivity index (χ0n) is 16.2. The minimum atomic E-state index is -0.941. The maximum atomic E-state index is 13.1. The first-order chi connectivity index (χ1) is 15.5. The third kappa shape index (κ3) is 3.40. The summed E-state index contributed by atoms with van der Waals surface area (Å²) in [6.45, 7) is 0.795. The molecule has 1 N–H and O–H groups in total. The van der Waals surface area contributed by atoms with E-state index in [1.165, 1.54) is 22.4 Å². The van der Waals surface area contributed by atoms with Crippen LogP contribution in [0.3, 0.4) is 0 Å². The molecule has 2 aromatic carbocycles. The molecule has 0 spiro atoms. The number of hydrogen-bond acceptors (Lipinski definition) is 7. The maximum absolute atomic E-state index is 13.1. The Morgan fingerprint density at radius 3 is 2.56 bits per heavy atom. The van der Waals surface area contributed by atoms with E-state index in [0.717, 1.165) is 0 Å². The average Bonchev–Trinajstić information content (AvgIpc) is 3.42. The monoisotopic (exact) mass is 488 g/mol. The number of carbonyl (C=O) groups is 2. The van der Waals surface area contributed by atoms with Crippen molar-refractivity contribution in [1.29, 1.82) is 0 Å². The fourth-order valence-corrected chi connectivity index (χ4v) is 4.68. The number of ether oxygens (including phenoxy) is 2. The first kappa shape index (κ1) is 20.8. The van der Waals surface area contributed by atoms with Gasteiger partial charge in [-0.25, -0.2) is 4.98 Å². The van der Waals surface area contributed by atoms with Crippen molar-refractivity contribution in [2.75, 3.05) is 18.1 Å². The molecule has 0 unspecified atom stereocenters. The molecule has 1 fully saturated rings. The summed E-state index contributed by atoms with van der Waals surface area (Å²) in [6, 6.07) is 8.68. The molecule has 1 atom stereocenters. The van der Waals surface area contributed by atoms with Gasteiger partial charge in [-0.2, -0.15) is 0 Å². The van der Waals surface area contributed by atoms with Crippen molar-refractivity contribution in [2.45, 2.75) is 6.04 Å². The Hall–Kier alpha value is -3.07. The molecule has 0 bridgehead atoms. The van der Waals surface area contributed by atoms with Crippen molar-refractivity contribution in [2.24, 2.45) is 0 Å².